The fraction of sp³-hybridized carbons (Fsp3) is 0.267. The summed E-state index contributed by atoms with van der Waals surface area (Å²) in [6, 6.07) is 6.28. The van der Waals surface area contributed by atoms with Crippen LogP contribution in [0.2, 0.25) is 0 Å². The van der Waals surface area contributed by atoms with Crippen molar-refractivity contribution in [2.75, 3.05) is 11.4 Å². The molecule has 0 spiro atoms. The standard InChI is InChI=1S/C15H14FNO3/c16-12-4-1-5-13-11(12)3-2-6-17(13)8-10-7-14(18)15(19)9-20-10/h1,4-5,7,9,19H,2-3,6,8H2. The highest BCUT2D eigenvalue weighted by Crippen LogP contribution is 2.30. The molecule has 0 aliphatic carbocycles. The number of rotatable bonds is 2. The maximum absolute atomic E-state index is 13.8. The molecule has 1 aliphatic heterocycles. The molecule has 2 heterocycles. The van der Waals surface area contributed by atoms with Crippen LogP contribution in [0.3, 0.4) is 0 Å². The lowest BCUT2D eigenvalue weighted by atomic mass is 10.0. The van der Waals surface area contributed by atoms with Crippen LogP contribution >= 0.6 is 0 Å². The Hall–Kier alpha value is -2.30. The van der Waals surface area contributed by atoms with Crippen LogP contribution in [0.4, 0.5) is 10.1 Å². The molecule has 1 aromatic heterocycles. The average molecular weight is 275 g/mol. The van der Waals surface area contributed by atoms with Gasteiger partial charge >= 0.3 is 0 Å². The predicted octanol–water partition coefficient (Wildman–Crippen LogP) is 2.44. The van der Waals surface area contributed by atoms with Crippen molar-refractivity contribution in [2.45, 2.75) is 19.4 Å². The van der Waals surface area contributed by atoms with E-state index in [1.807, 2.05) is 11.0 Å². The minimum absolute atomic E-state index is 0.195. The normalized spacial score (nSPS) is 14.2. The summed E-state index contributed by atoms with van der Waals surface area (Å²) in [4.78, 5) is 13.4. The minimum atomic E-state index is -0.470. The molecular formula is C15H14FNO3. The summed E-state index contributed by atoms with van der Waals surface area (Å²) in [6.45, 7) is 1.16. The van der Waals surface area contributed by atoms with Crippen LogP contribution in [0.25, 0.3) is 0 Å². The number of hydrogen-bond acceptors (Lipinski definition) is 4. The van der Waals surface area contributed by atoms with Gasteiger partial charge in [-0.2, -0.15) is 0 Å². The fourth-order valence-electron chi connectivity index (χ4n) is 2.54. The Labute approximate surface area is 115 Å². The molecule has 1 N–H and O–H groups in total. The molecule has 0 saturated carbocycles. The van der Waals surface area contributed by atoms with Gasteiger partial charge in [0.2, 0.25) is 5.43 Å². The lowest BCUT2D eigenvalue weighted by Gasteiger charge is -2.30. The van der Waals surface area contributed by atoms with Gasteiger partial charge in [-0.25, -0.2) is 4.39 Å². The second kappa shape index (κ2) is 5.00. The lowest BCUT2D eigenvalue weighted by Crippen LogP contribution is -2.29. The summed E-state index contributed by atoms with van der Waals surface area (Å²) in [7, 11) is 0. The van der Waals surface area contributed by atoms with Gasteiger partial charge in [-0.3, -0.25) is 4.79 Å². The molecule has 0 saturated heterocycles. The van der Waals surface area contributed by atoms with Gasteiger partial charge in [0.25, 0.3) is 0 Å². The van der Waals surface area contributed by atoms with Gasteiger partial charge in [0, 0.05) is 23.9 Å². The zero-order chi connectivity index (χ0) is 14.1. The number of benzene rings is 1. The highest BCUT2D eigenvalue weighted by Gasteiger charge is 2.20. The van der Waals surface area contributed by atoms with E-state index in [9.17, 15) is 14.3 Å². The highest BCUT2D eigenvalue weighted by molar-refractivity contribution is 5.56. The van der Waals surface area contributed by atoms with Crippen LogP contribution in [0.1, 0.15) is 17.7 Å². The number of nitrogens with zero attached hydrogens (tertiary/aromatic N) is 1. The van der Waals surface area contributed by atoms with Crippen molar-refractivity contribution in [3.63, 3.8) is 0 Å². The number of hydrogen-bond donors (Lipinski definition) is 1. The average Bonchev–Trinajstić information content (AvgIpc) is 2.44. The summed E-state index contributed by atoms with van der Waals surface area (Å²) in [5.74, 6) is -0.150. The van der Waals surface area contributed by atoms with Crippen LogP contribution in [0, 0.1) is 5.82 Å². The molecule has 0 radical (unpaired) electrons. The first-order chi connectivity index (χ1) is 9.65. The van der Waals surface area contributed by atoms with Crippen LogP contribution in [0.15, 0.2) is 39.7 Å². The summed E-state index contributed by atoms with van der Waals surface area (Å²) < 4.78 is 19.0. The molecule has 104 valence electrons. The van der Waals surface area contributed by atoms with E-state index in [1.54, 1.807) is 6.07 Å². The molecule has 1 aromatic carbocycles. The quantitative estimate of drug-likeness (QED) is 0.914. The summed E-state index contributed by atoms with van der Waals surface area (Å²) in [5.41, 5.74) is 1.08. The zero-order valence-corrected chi connectivity index (χ0v) is 10.8. The second-order valence-corrected chi connectivity index (χ2v) is 4.86. The van der Waals surface area contributed by atoms with E-state index in [0.29, 0.717) is 17.9 Å². The molecule has 3 rings (SSSR count). The molecular weight excluding hydrogens is 261 g/mol. The maximum Gasteiger partial charge on any atom is 0.226 e. The zero-order valence-electron chi connectivity index (χ0n) is 10.8. The van der Waals surface area contributed by atoms with Crippen LogP contribution in [-0.2, 0) is 13.0 Å². The van der Waals surface area contributed by atoms with E-state index < -0.39 is 11.2 Å². The van der Waals surface area contributed by atoms with Gasteiger partial charge in [-0.1, -0.05) is 6.07 Å². The third-order valence-electron chi connectivity index (χ3n) is 3.50. The molecule has 0 unspecified atom stereocenters. The van der Waals surface area contributed by atoms with E-state index in [1.165, 1.54) is 12.1 Å². The largest absolute Gasteiger partial charge is 0.502 e. The topological polar surface area (TPSA) is 53.7 Å². The van der Waals surface area contributed by atoms with E-state index in [2.05, 4.69) is 0 Å². The Bertz CT molecular complexity index is 696. The Morgan fingerprint density at radius 2 is 2.25 bits per heavy atom. The molecule has 2 aromatic rings. The van der Waals surface area contributed by atoms with Crippen molar-refractivity contribution in [2.24, 2.45) is 0 Å². The summed E-state index contributed by atoms with van der Waals surface area (Å²) in [6.07, 6.45) is 2.61. The molecule has 5 heteroatoms. The van der Waals surface area contributed by atoms with Gasteiger partial charge in [0.05, 0.1) is 6.54 Å². The maximum atomic E-state index is 13.8. The molecule has 20 heavy (non-hydrogen) atoms. The van der Waals surface area contributed by atoms with E-state index in [4.69, 9.17) is 4.42 Å². The van der Waals surface area contributed by atoms with E-state index in [-0.39, 0.29) is 5.82 Å². The number of aromatic hydroxyl groups is 1. The van der Waals surface area contributed by atoms with Crippen molar-refractivity contribution in [1.82, 2.24) is 0 Å². The predicted molar refractivity (Wildman–Crippen MR) is 72.4 cm³/mol. The molecule has 1 aliphatic rings. The van der Waals surface area contributed by atoms with Crippen LogP contribution in [-0.4, -0.2) is 11.7 Å². The molecule has 0 fully saturated rings. The molecule has 0 atom stereocenters. The number of fused-ring (bicyclic) bond motifs is 1. The van der Waals surface area contributed by atoms with Crippen molar-refractivity contribution in [3.05, 3.63) is 57.9 Å². The molecule has 0 amide bonds. The molecule has 4 nitrogen and oxygen atoms in total. The van der Waals surface area contributed by atoms with Crippen molar-refractivity contribution < 1.29 is 13.9 Å². The van der Waals surface area contributed by atoms with Crippen LogP contribution < -0.4 is 10.3 Å². The fourth-order valence-corrected chi connectivity index (χ4v) is 2.54. The number of halogens is 1. The molecule has 0 bridgehead atoms. The van der Waals surface area contributed by atoms with Crippen molar-refractivity contribution in [3.8, 4) is 5.75 Å². The van der Waals surface area contributed by atoms with Gasteiger partial charge in [-0.15, -0.1) is 0 Å². The van der Waals surface area contributed by atoms with Gasteiger partial charge < -0.3 is 14.4 Å². The monoisotopic (exact) mass is 275 g/mol. The third-order valence-corrected chi connectivity index (χ3v) is 3.50. The highest BCUT2D eigenvalue weighted by atomic mass is 19.1. The van der Waals surface area contributed by atoms with E-state index in [0.717, 1.165) is 31.3 Å². The Morgan fingerprint density at radius 1 is 1.40 bits per heavy atom. The van der Waals surface area contributed by atoms with Crippen molar-refractivity contribution in [1.29, 1.82) is 0 Å². The van der Waals surface area contributed by atoms with Crippen LogP contribution in [0.5, 0.6) is 5.75 Å². The minimum Gasteiger partial charge on any atom is -0.502 e. The SMILES string of the molecule is O=c1cc(CN2CCCc3c(F)cccc32)occ1O. The Balaban J connectivity index is 1.91. The third kappa shape index (κ3) is 2.27. The Kier molecular flexibility index (Phi) is 3.18. The summed E-state index contributed by atoms with van der Waals surface area (Å²) in [5, 5.41) is 9.17. The van der Waals surface area contributed by atoms with Gasteiger partial charge in [0.15, 0.2) is 5.75 Å². The Morgan fingerprint density at radius 3 is 3.05 bits per heavy atom. The first-order valence-corrected chi connectivity index (χ1v) is 6.48. The summed E-state index contributed by atoms with van der Waals surface area (Å²) >= 11 is 0. The first kappa shape index (κ1) is 12.7. The number of anilines is 1. The smallest absolute Gasteiger partial charge is 0.226 e. The first-order valence-electron chi connectivity index (χ1n) is 6.48. The van der Waals surface area contributed by atoms with Gasteiger partial charge in [-0.05, 0) is 25.0 Å². The lowest BCUT2D eigenvalue weighted by molar-refractivity contribution is 0.410. The van der Waals surface area contributed by atoms with Crippen molar-refractivity contribution >= 4 is 5.69 Å². The van der Waals surface area contributed by atoms with Gasteiger partial charge in [0.1, 0.15) is 17.8 Å². The van der Waals surface area contributed by atoms with E-state index >= 15 is 0 Å². The second-order valence-electron chi connectivity index (χ2n) is 4.86.